The van der Waals surface area contributed by atoms with E-state index >= 15 is 0 Å². The molecule has 4 atom stereocenters. The smallest absolute Gasteiger partial charge is 0.171 e. The van der Waals surface area contributed by atoms with Gasteiger partial charge in [-0.15, -0.1) is 0 Å². The van der Waals surface area contributed by atoms with E-state index < -0.39 is 11.6 Å². The van der Waals surface area contributed by atoms with Crippen molar-refractivity contribution in [3.05, 3.63) is 0 Å². The van der Waals surface area contributed by atoms with E-state index in [1.165, 1.54) is 13.0 Å². The van der Waals surface area contributed by atoms with Crippen LogP contribution in [0.25, 0.3) is 0 Å². The average molecular weight is 236 g/mol. The van der Waals surface area contributed by atoms with E-state index in [2.05, 4.69) is 6.92 Å². The molecular weight excluding hydrogens is 217 g/mol. The van der Waals surface area contributed by atoms with E-state index in [-0.39, 0.29) is 15.4 Å². The van der Waals surface area contributed by atoms with Crippen molar-refractivity contribution in [2.75, 3.05) is 0 Å². The molecule has 88 valence electrons. The molecule has 0 aromatic heterocycles. The Bertz CT molecular complexity index is 251. The van der Waals surface area contributed by atoms with E-state index in [1.54, 1.807) is 0 Å². The maximum Gasteiger partial charge on any atom is 0.394 e. The normalized spacial score (nSPS) is 45.8. The van der Waals surface area contributed by atoms with Gasteiger partial charge in [-0.2, -0.15) is 13.2 Å². The monoisotopic (exact) mass is 236 g/mol. The summed E-state index contributed by atoms with van der Waals surface area (Å²) in [7, 11) is -0.0896. The zero-order chi connectivity index (χ0) is 11.3. The summed E-state index contributed by atoms with van der Waals surface area (Å²) in [6.45, 7) is 3.63. The van der Waals surface area contributed by atoms with Gasteiger partial charge in [-0.05, 0) is 36.6 Å². The molecule has 2 saturated carbocycles. The van der Waals surface area contributed by atoms with Crippen LogP contribution in [-0.2, 0) is 0 Å². The van der Waals surface area contributed by atoms with Crippen molar-refractivity contribution in [2.45, 2.75) is 50.9 Å². The Hall–Kier alpha value is 0.00688. The Morgan fingerprint density at radius 3 is 2.40 bits per heavy atom. The molecule has 0 heterocycles. The lowest BCUT2D eigenvalue weighted by Gasteiger charge is -2.38. The first-order chi connectivity index (χ1) is 6.88. The van der Waals surface area contributed by atoms with Crippen molar-refractivity contribution in [3.63, 3.8) is 0 Å². The van der Waals surface area contributed by atoms with E-state index in [4.69, 9.17) is 0 Å². The summed E-state index contributed by atoms with van der Waals surface area (Å²) in [4.78, 5) is 0. The van der Waals surface area contributed by atoms with Crippen LogP contribution >= 0.6 is 0 Å². The minimum Gasteiger partial charge on any atom is -0.171 e. The minimum absolute atomic E-state index is 0.0634. The molecule has 0 nitrogen and oxygen atoms in total. The molecule has 4 heteroatoms. The molecule has 0 aromatic carbocycles. The highest BCUT2D eigenvalue weighted by Gasteiger charge is 2.63. The SMILES string of the molecule is CC[SiH2]C1CC2CC1CC2(C)C(F)(F)F. The number of fused-ring (bicyclic) bond motifs is 2. The predicted molar refractivity (Wildman–Crippen MR) is 57.8 cm³/mol. The Morgan fingerprint density at radius 1 is 1.33 bits per heavy atom. The lowest BCUT2D eigenvalue weighted by atomic mass is 9.74. The topological polar surface area (TPSA) is 0 Å². The van der Waals surface area contributed by atoms with E-state index in [1.807, 2.05) is 0 Å². The fourth-order valence-corrected chi connectivity index (χ4v) is 5.98. The summed E-state index contributed by atoms with van der Waals surface area (Å²) in [6, 6.07) is 1.25. The summed E-state index contributed by atoms with van der Waals surface area (Å²) >= 11 is 0. The lowest BCUT2D eigenvalue weighted by Crippen LogP contribution is -2.40. The van der Waals surface area contributed by atoms with E-state index in [9.17, 15) is 13.2 Å². The maximum atomic E-state index is 12.9. The third-order valence-corrected chi connectivity index (χ3v) is 7.05. The third-order valence-electron chi connectivity index (χ3n) is 4.74. The van der Waals surface area contributed by atoms with E-state index in [0.717, 1.165) is 18.4 Å². The first kappa shape index (κ1) is 11.5. The van der Waals surface area contributed by atoms with Crippen molar-refractivity contribution in [1.82, 2.24) is 0 Å². The average Bonchev–Trinajstić information content (AvgIpc) is 2.60. The van der Waals surface area contributed by atoms with Crippen LogP contribution in [0.1, 0.15) is 33.1 Å². The molecule has 0 spiro atoms. The molecule has 0 N–H and O–H groups in total. The van der Waals surface area contributed by atoms with Crippen molar-refractivity contribution in [3.8, 4) is 0 Å². The van der Waals surface area contributed by atoms with Crippen LogP contribution in [0.4, 0.5) is 13.2 Å². The zero-order valence-corrected chi connectivity index (χ0v) is 10.8. The molecule has 0 aliphatic heterocycles. The number of hydrogen-bond acceptors (Lipinski definition) is 0. The first-order valence-electron chi connectivity index (χ1n) is 5.95. The summed E-state index contributed by atoms with van der Waals surface area (Å²) in [5.41, 5.74) is -0.633. The largest absolute Gasteiger partial charge is 0.394 e. The van der Waals surface area contributed by atoms with Gasteiger partial charge in [-0.1, -0.05) is 19.9 Å². The highest BCUT2D eigenvalue weighted by atomic mass is 28.2. The second-order valence-electron chi connectivity index (χ2n) is 5.60. The van der Waals surface area contributed by atoms with Gasteiger partial charge in [0.2, 0.25) is 0 Å². The molecule has 2 aliphatic carbocycles. The molecule has 0 saturated heterocycles. The first-order valence-corrected chi connectivity index (χ1v) is 7.77. The van der Waals surface area contributed by atoms with Gasteiger partial charge in [0.1, 0.15) is 0 Å². The van der Waals surface area contributed by atoms with Gasteiger partial charge < -0.3 is 0 Å². The highest BCUT2D eigenvalue weighted by molar-refractivity contribution is 6.37. The molecule has 0 aromatic rings. The molecule has 2 bridgehead atoms. The number of hydrogen-bond donors (Lipinski definition) is 0. The maximum absolute atomic E-state index is 12.9. The van der Waals surface area contributed by atoms with Crippen LogP contribution in [-0.4, -0.2) is 15.7 Å². The summed E-state index contributed by atoms with van der Waals surface area (Å²) in [6.07, 6.45) is -1.83. The second kappa shape index (κ2) is 3.50. The van der Waals surface area contributed by atoms with Crippen molar-refractivity contribution < 1.29 is 13.2 Å². The van der Waals surface area contributed by atoms with Crippen LogP contribution in [0.15, 0.2) is 0 Å². The molecule has 2 fully saturated rings. The standard InChI is InChI=1S/C11H19F3Si/c1-3-15-9-5-8-4-7(9)6-10(8,2)11(12,13)14/h7-9H,3-6,15H2,1-2H3. The summed E-state index contributed by atoms with van der Waals surface area (Å²) in [5, 5.41) is 0. The highest BCUT2D eigenvalue weighted by Crippen LogP contribution is 2.65. The Morgan fingerprint density at radius 2 is 2.00 bits per heavy atom. The van der Waals surface area contributed by atoms with Crippen molar-refractivity contribution in [2.24, 2.45) is 17.3 Å². The molecule has 2 aliphatic rings. The molecule has 15 heavy (non-hydrogen) atoms. The zero-order valence-electron chi connectivity index (χ0n) is 9.40. The van der Waals surface area contributed by atoms with Gasteiger partial charge in [0.05, 0.1) is 5.41 Å². The van der Waals surface area contributed by atoms with Gasteiger partial charge in [-0.25, -0.2) is 0 Å². The van der Waals surface area contributed by atoms with Crippen molar-refractivity contribution >= 4 is 9.52 Å². The van der Waals surface area contributed by atoms with Crippen molar-refractivity contribution in [1.29, 1.82) is 0 Å². The van der Waals surface area contributed by atoms with Gasteiger partial charge in [0.25, 0.3) is 0 Å². The third kappa shape index (κ3) is 1.65. The number of alkyl halides is 3. The molecular formula is C11H19F3Si. The fraction of sp³-hybridized carbons (Fsp3) is 1.00. The van der Waals surface area contributed by atoms with Crippen LogP contribution in [0.3, 0.4) is 0 Å². The molecule has 4 unspecified atom stereocenters. The molecule has 0 radical (unpaired) electrons. The quantitative estimate of drug-likeness (QED) is 0.645. The van der Waals surface area contributed by atoms with Gasteiger partial charge in [-0.3, -0.25) is 0 Å². The second-order valence-corrected chi connectivity index (χ2v) is 8.22. The summed E-state index contributed by atoms with van der Waals surface area (Å²) < 4.78 is 38.8. The molecule has 0 amide bonds. The predicted octanol–water partition coefficient (Wildman–Crippen LogP) is 3.38. The van der Waals surface area contributed by atoms with Gasteiger partial charge in [0.15, 0.2) is 0 Å². The fourth-order valence-electron chi connectivity index (χ4n) is 3.77. The molecule has 2 rings (SSSR count). The summed E-state index contributed by atoms with van der Waals surface area (Å²) in [5.74, 6) is 0.347. The Labute approximate surface area is 91.4 Å². The van der Waals surface area contributed by atoms with Crippen LogP contribution in [0.5, 0.6) is 0 Å². The van der Waals surface area contributed by atoms with Gasteiger partial charge in [0, 0.05) is 9.52 Å². The Kier molecular flexibility index (Phi) is 2.68. The number of rotatable bonds is 2. The minimum atomic E-state index is -3.98. The number of halogens is 3. The van der Waals surface area contributed by atoms with Gasteiger partial charge >= 0.3 is 6.18 Å². The Balaban J connectivity index is 2.08. The van der Waals surface area contributed by atoms with E-state index in [0.29, 0.717) is 12.3 Å². The van der Waals surface area contributed by atoms with Crippen LogP contribution in [0.2, 0.25) is 11.6 Å². The lowest BCUT2D eigenvalue weighted by molar-refractivity contribution is -0.234. The van der Waals surface area contributed by atoms with Crippen LogP contribution in [0, 0.1) is 17.3 Å². The van der Waals surface area contributed by atoms with Crippen LogP contribution < -0.4 is 0 Å².